The summed E-state index contributed by atoms with van der Waals surface area (Å²) < 4.78 is 34.7. The highest BCUT2D eigenvalue weighted by atomic mass is 16.6. The smallest absolute Gasteiger partial charge is 0.333 e. The second-order valence-corrected chi connectivity index (χ2v) is 11.9. The van der Waals surface area contributed by atoms with Gasteiger partial charge < -0.3 is 38.6 Å². The number of benzene rings is 2. The predicted octanol–water partition coefficient (Wildman–Crippen LogP) is 5.30. The van der Waals surface area contributed by atoms with Crippen LogP contribution in [0.25, 0.3) is 0 Å². The molecule has 0 fully saturated rings. The van der Waals surface area contributed by atoms with E-state index in [4.69, 9.17) is 28.4 Å². The van der Waals surface area contributed by atoms with E-state index in [1.165, 1.54) is 13.8 Å². The van der Waals surface area contributed by atoms with Gasteiger partial charge in [0.15, 0.2) is 23.0 Å². The molecule has 0 bridgehead atoms. The highest BCUT2D eigenvalue weighted by molar-refractivity contribution is 5.87. The van der Waals surface area contributed by atoms with Crippen LogP contribution in [0.15, 0.2) is 60.7 Å². The molecule has 10 nitrogen and oxygen atoms in total. The first-order valence-corrected chi connectivity index (χ1v) is 14.9. The first-order chi connectivity index (χ1) is 21.0. The van der Waals surface area contributed by atoms with Crippen LogP contribution in [0, 0.1) is 0 Å². The quantitative estimate of drug-likeness (QED) is 0.166. The molecule has 0 aliphatic carbocycles. The Hall–Kier alpha value is -4.02. The molecule has 0 saturated heterocycles. The first-order valence-electron chi connectivity index (χ1n) is 14.9. The Labute approximate surface area is 266 Å². The number of para-hydroxylation sites is 2. The van der Waals surface area contributed by atoms with Gasteiger partial charge in [-0.25, -0.2) is 9.59 Å². The molecule has 0 saturated carbocycles. The predicted molar refractivity (Wildman–Crippen MR) is 171 cm³/mol. The van der Waals surface area contributed by atoms with Gasteiger partial charge in [-0.15, -0.1) is 0 Å². The second kappa shape index (κ2) is 16.9. The summed E-state index contributed by atoms with van der Waals surface area (Å²) in [6, 6.07) is 11.0. The Morgan fingerprint density at radius 1 is 0.689 bits per heavy atom. The van der Waals surface area contributed by atoms with Gasteiger partial charge in [0.1, 0.15) is 38.6 Å². The maximum absolute atomic E-state index is 11.8. The number of rotatable bonds is 18. The van der Waals surface area contributed by atoms with Crippen molar-refractivity contribution < 1.29 is 48.2 Å². The molecule has 0 spiro atoms. The van der Waals surface area contributed by atoms with E-state index in [2.05, 4.69) is 13.2 Å². The minimum atomic E-state index is -1.11. The van der Waals surface area contributed by atoms with Crippen LogP contribution >= 0.6 is 0 Å². The van der Waals surface area contributed by atoms with E-state index < -0.39 is 29.6 Å². The van der Waals surface area contributed by atoms with Crippen molar-refractivity contribution >= 4 is 11.9 Å². The van der Waals surface area contributed by atoms with Crippen molar-refractivity contribution in [3.8, 4) is 23.0 Å². The normalized spacial score (nSPS) is 12.7. The average Bonchev–Trinajstić information content (AvgIpc) is 2.96. The molecule has 2 aromatic carbocycles. The van der Waals surface area contributed by atoms with Crippen molar-refractivity contribution in [2.24, 2.45) is 0 Å². The zero-order valence-corrected chi connectivity index (χ0v) is 27.7. The number of esters is 2. The summed E-state index contributed by atoms with van der Waals surface area (Å²) in [4.78, 5) is 23.6. The van der Waals surface area contributed by atoms with Gasteiger partial charge >= 0.3 is 11.9 Å². The molecule has 0 radical (unpaired) electrons. The van der Waals surface area contributed by atoms with Crippen molar-refractivity contribution in [3.05, 3.63) is 71.8 Å². The Morgan fingerprint density at radius 2 is 1.04 bits per heavy atom. The topological polar surface area (TPSA) is 130 Å². The van der Waals surface area contributed by atoms with Crippen molar-refractivity contribution in [2.45, 2.75) is 85.2 Å². The first kappa shape index (κ1) is 37.2. The van der Waals surface area contributed by atoms with Gasteiger partial charge in [-0.3, -0.25) is 0 Å². The molecular formula is C35H48O10. The summed E-state index contributed by atoms with van der Waals surface area (Å²) in [7, 11) is 0. The fraction of sp³-hybridized carbons (Fsp3) is 0.486. The van der Waals surface area contributed by atoms with E-state index in [1.807, 2.05) is 65.8 Å². The average molecular weight is 629 g/mol. The third-order valence-corrected chi connectivity index (χ3v) is 6.38. The number of aliphatic hydroxyl groups is 2. The largest absolute Gasteiger partial charge is 0.487 e. The molecule has 2 rings (SSSR count). The zero-order chi connectivity index (χ0) is 33.9. The van der Waals surface area contributed by atoms with E-state index in [0.29, 0.717) is 34.1 Å². The van der Waals surface area contributed by atoms with Gasteiger partial charge in [-0.2, -0.15) is 0 Å². The molecule has 0 aliphatic rings. The zero-order valence-electron chi connectivity index (χ0n) is 27.7. The molecule has 248 valence electrons. The Bertz CT molecular complexity index is 1230. The van der Waals surface area contributed by atoms with Crippen LogP contribution < -0.4 is 18.9 Å². The minimum Gasteiger partial charge on any atom is -0.487 e. The lowest BCUT2D eigenvalue weighted by molar-refractivity contribution is -0.143. The van der Waals surface area contributed by atoms with Crippen molar-refractivity contribution in [3.63, 3.8) is 0 Å². The van der Waals surface area contributed by atoms with Gasteiger partial charge in [-0.05, 0) is 53.7 Å². The molecule has 2 N–H and O–H groups in total. The maximum atomic E-state index is 11.8. The lowest BCUT2D eigenvalue weighted by Crippen LogP contribution is -2.28. The summed E-state index contributed by atoms with van der Waals surface area (Å²) in [5.74, 6) is 0.523. The van der Waals surface area contributed by atoms with Crippen LogP contribution in [0.1, 0.15) is 66.5 Å². The van der Waals surface area contributed by atoms with Crippen LogP contribution in [0.5, 0.6) is 23.0 Å². The Balaban J connectivity index is 2.50. The number of hydrogen-bond donors (Lipinski definition) is 2. The fourth-order valence-electron chi connectivity index (χ4n) is 4.20. The van der Waals surface area contributed by atoms with Crippen LogP contribution in [-0.4, -0.2) is 73.0 Å². The van der Waals surface area contributed by atoms with E-state index in [1.54, 1.807) is 12.1 Å². The molecule has 0 aromatic heterocycles. The molecular weight excluding hydrogens is 580 g/mol. The van der Waals surface area contributed by atoms with Crippen LogP contribution in [0.2, 0.25) is 0 Å². The van der Waals surface area contributed by atoms with Crippen molar-refractivity contribution in [1.29, 1.82) is 0 Å². The van der Waals surface area contributed by atoms with Gasteiger partial charge in [0.05, 0.1) is 12.2 Å². The number of aliphatic hydroxyl groups excluding tert-OH is 2. The molecule has 2 unspecified atom stereocenters. The van der Waals surface area contributed by atoms with E-state index in [0.717, 1.165) is 0 Å². The number of ether oxygens (including phenoxy) is 6. The summed E-state index contributed by atoms with van der Waals surface area (Å²) in [6.45, 7) is 20.8. The lowest BCUT2D eigenvalue weighted by atomic mass is 9.77. The second-order valence-electron chi connectivity index (χ2n) is 11.9. The lowest BCUT2D eigenvalue weighted by Gasteiger charge is -2.32. The van der Waals surface area contributed by atoms with E-state index in [9.17, 15) is 19.8 Å². The SMILES string of the molecule is C=C(C)C(=O)OCC(O)COc1c(OC(C)C)cccc1C(C)(C)c1cccc(OC(C)C)c1OCC(O)COC(=O)C(=C)C. The summed E-state index contributed by atoms with van der Waals surface area (Å²) in [6.07, 6.45) is -2.57. The highest BCUT2D eigenvalue weighted by Crippen LogP contribution is 2.47. The molecule has 10 heteroatoms. The third-order valence-electron chi connectivity index (χ3n) is 6.38. The standard InChI is InChI=1S/C35H48O10/c1-21(2)33(38)42-19-25(36)17-40-31-27(13-11-15-29(31)44-23(5)6)35(9,10)28-14-12-16-30(45-24(7)8)32(28)41-18-26(37)20-43-34(39)22(3)4/h11-16,23-26,36-37H,1,3,17-20H2,2,4-10H3. The van der Waals surface area contributed by atoms with Gasteiger partial charge in [0.25, 0.3) is 0 Å². The number of carbonyl (C=O) groups is 2. The van der Waals surface area contributed by atoms with E-state index >= 15 is 0 Å². The van der Waals surface area contributed by atoms with Crippen LogP contribution in [0.4, 0.5) is 0 Å². The Kier molecular flexibility index (Phi) is 13.9. The molecule has 0 amide bonds. The number of hydrogen-bond acceptors (Lipinski definition) is 10. The van der Waals surface area contributed by atoms with Gasteiger partial charge in [-0.1, -0.05) is 51.3 Å². The maximum Gasteiger partial charge on any atom is 0.333 e. The molecule has 0 aliphatic heterocycles. The molecule has 45 heavy (non-hydrogen) atoms. The van der Waals surface area contributed by atoms with Crippen molar-refractivity contribution in [1.82, 2.24) is 0 Å². The van der Waals surface area contributed by atoms with Crippen LogP contribution in [0.3, 0.4) is 0 Å². The Morgan fingerprint density at radius 3 is 1.36 bits per heavy atom. The monoisotopic (exact) mass is 628 g/mol. The number of carbonyl (C=O) groups excluding carboxylic acids is 2. The molecule has 2 atom stereocenters. The van der Waals surface area contributed by atoms with Gasteiger partial charge in [0.2, 0.25) is 0 Å². The summed E-state index contributed by atoms with van der Waals surface area (Å²) >= 11 is 0. The molecule has 0 heterocycles. The fourth-order valence-corrected chi connectivity index (χ4v) is 4.20. The third kappa shape index (κ3) is 11.1. The van der Waals surface area contributed by atoms with E-state index in [-0.39, 0.29) is 49.8 Å². The summed E-state index contributed by atoms with van der Waals surface area (Å²) in [5.41, 5.74) is 1.09. The van der Waals surface area contributed by atoms with Gasteiger partial charge in [0, 0.05) is 27.7 Å². The highest BCUT2D eigenvalue weighted by Gasteiger charge is 2.34. The van der Waals surface area contributed by atoms with Crippen molar-refractivity contribution in [2.75, 3.05) is 26.4 Å². The minimum absolute atomic E-state index is 0.172. The molecule has 2 aromatic rings. The van der Waals surface area contributed by atoms with Crippen LogP contribution in [-0.2, 0) is 24.5 Å². The summed E-state index contributed by atoms with van der Waals surface area (Å²) in [5, 5.41) is 21.1.